The molecule has 0 aliphatic carbocycles. The highest BCUT2D eigenvalue weighted by Gasteiger charge is 2.20. The Labute approximate surface area is 133 Å². The number of benzene rings is 2. The summed E-state index contributed by atoms with van der Waals surface area (Å²) in [5.74, 6) is 0. The van der Waals surface area contributed by atoms with Gasteiger partial charge in [-0.3, -0.25) is 14.9 Å². The van der Waals surface area contributed by atoms with Crippen molar-refractivity contribution in [3.8, 4) is 11.1 Å². The molecule has 0 spiro atoms. The maximum atomic E-state index is 11.3. The topological polar surface area (TPSA) is 72.7 Å². The van der Waals surface area contributed by atoms with Crippen LogP contribution in [0.2, 0.25) is 0 Å². The zero-order valence-corrected chi connectivity index (χ0v) is 12.5. The van der Waals surface area contributed by atoms with Crippen molar-refractivity contribution in [3.63, 3.8) is 0 Å². The molecular formula is C17H16N2O4. The number of nitrogens with zero attached hydrogens (tertiary/aromatic N) is 2. The fourth-order valence-electron chi connectivity index (χ4n) is 2.78. The lowest BCUT2D eigenvalue weighted by molar-refractivity contribution is -0.384. The number of nitro groups is 1. The summed E-state index contributed by atoms with van der Waals surface area (Å²) in [7, 11) is 0. The van der Waals surface area contributed by atoms with Crippen molar-refractivity contribution < 1.29 is 14.5 Å². The van der Waals surface area contributed by atoms with Crippen molar-refractivity contribution in [3.05, 3.63) is 58.1 Å². The summed E-state index contributed by atoms with van der Waals surface area (Å²) in [6, 6.07) is 11.9. The van der Waals surface area contributed by atoms with Crippen LogP contribution in [0.15, 0.2) is 42.5 Å². The van der Waals surface area contributed by atoms with Crippen molar-refractivity contribution >= 4 is 17.7 Å². The van der Waals surface area contributed by atoms with E-state index in [1.807, 2.05) is 12.1 Å². The first-order valence-electron chi connectivity index (χ1n) is 7.36. The Morgan fingerprint density at radius 3 is 2.52 bits per heavy atom. The van der Waals surface area contributed by atoms with Crippen LogP contribution < -0.4 is 4.90 Å². The average molecular weight is 312 g/mol. The highest BCUT2D eigenvalue weighted by molar-refractivity contribution is 5.92. The number of nitro benzene ring substituents is 1. The first kappa shape index (κ1) is 15.2. The largest absolute Gasteiger partial charge is 0.378 e. The third kappa shape index (κ3) is 3.07. The smallest absolute Gasteiger partial charge is 0.270 e. The lowest BCUT2D eigenvalue weighted by Gasteiger charge is -2.30. The van der Waals surface area contributed by atoms with E-state index in [1.54, 1.807) is 18.2 Å². The van der Waals surface area contributed by atoms with Crippen molar-refractivity contribution in [1.29, 1.82) is 0 Å². The van der Waals surface area contributed by atoms with Gasteiger partial charge < -0.3 is 9.64 Å². The van der Waals surface area contributed by atoms with Gasteiger partial charge in [0, 0.05) is 42.0 Å². The van der Waals surface area contributed by atoms with Crippen LogP contribution in [-0.4, -0.2) is 37.5 Å². The Kier molecular flexibility index (Phi) is 4.34. The number of carbonyl (C=O) groups excluding carboxylic acids is 1. The van der Waals surface area contributed by atoms with E-state index in [4.69, 9.17) is 4.74 Å². The van der Waals surface area contributed by atoms with Gasteiger partial charge in [-0.15, -0.1) is 0 Å². The number of ether oxygens (including phenoxy) is 1. The molecule has 1 aliphatic heterocycles. The number of aldehydes is 1. The molecule has 118 valence electrons. The maximum Gasteiger partial charge on any atom is 0.270 e. The zero-order valence-electron chi connectivity index (χ0n) is 12.5. The predicted molar refractivity (Wildman–Crippen MR) is 87.0 cm³/mol. The lowest BCUT2D eigenvalue weighted by atomic mass is 9.97. The van der Waals surface area contributed by atoms with E-state index in [2.05, 4.69) is 4.90 Å². The molecule has 6 nitrogen and oxygen atoms in total. The average Bonchev–Trinajstić information content (AvgIpc) is 2.62. The highest BCUT2D eigenvalue weighted by Crippen LogP contribution is 2.36. The second kappa shape index (κ2) is 6.58. The van der Waals surface area contributed by atoms with Crippen LogP contribution in [0.1, 0.15) is 10.4 Å². The van der Waals surface area contributed by atoms with Crippen LogP contribution in [0.5, 0.6) is 0 Å². The van der Waals surface area contributed by atoms with Gasteiger partial charge in [0.05, 0.1) is 18.1 Å². The fourth-order valence-corrected chi connectivity index (χ4v) is 2.78. The SMILES string of the molecule is O=Cc1ccccc1-c1cc([N+](=O)[O-])ccc1N1CCOCC1. The van der Waals surface area contributed by atoms with Crippen molar-refractivity contribution in [2.45, 2.75) is 0 Å². The number of anilines is 1. The summed E-state index contributed by atoms with van der Waals surface area (Å²) in [6.07, 6.45) is 0.775. The van der Waals surface area contributed by atoms with E-state index >= 15 is 0 Å². The van der Waals surface area contributed by atoms with Crippen LogP contribution >= 0.6 is 0 Å². The molecule has 1 heterocycles. The molecule has 0 aromatic heterocycles. The quantitative estimate of drug-likeness (QED) is 0.493. The number of carbonyl (C=O) groups is 1. The second-order valence-corrected chi connectivity index (χ2v) is 5.26. The van der Waals surface area contributed by atoms with Crippen molar-refractivity contribution in [2.75, 3.05) is 31.2 Å². The maximum absolute atomic E-state index is 11.3. The predicted octanol–water partition coefficient (Wildman–Crippen LogP) is 2.91. The Morgan fingerprint density at radius 2 is 1.83 bits per heavy atom. The molecular weight excluding hydrogens is 296 g/mol. The standard InChI is InChI=1S/C17H16N2O4/c20-12-13-3-1-2-4-15(13)16-11-14(19(21)22)5-6-17(16)18-7-9-23-10-8-18/h1-6,11-12H,7-10H2. The molecule has 3 rings (SSSR count). The number of hydrogen-bond donors (Lipinski definition) is 0. The Balaban J connectivity index is 2.16. The molecule has 0 N–H and O–H groups in total. The van der Waals surface area contributed by atoms with E-state index in [0.29, 0.717) is 43.0 Å². The van der Waals surface area contributed by atoms with E-state index in [0.717, 1.165) is 12.0 Å². The molecule has 0 atom stereocenters. The summed E-state index contributed by atoms with van der Waals surface area (Å²) < 4.78 is 5.37. The van der Waals surface area contributed by atoms with Gasteiger partial charge in [0.2, 0.25) is 0 Å². The minimum atomic E-state index is -0.421. The van der Waals surface area contributed by atoms with Gasteiger partial charge in [0.25, 0.3) is 5.69 Å². The van der Waals surface area contributed by atoms with E-state index in [1.165, 1.54) is 12.1 Å². The van der Waals surface area contributed by atoms with Gasteiger partial charge in [-0.1, -0.05) is 24.3 Å². The molecule has 1 saturated heterocycles. The highest BCUT2D eigenvalue weighted by atomic mass is 16.6. The molecule has 2 aromatic rings. The molecule has 1 fully saturated rings. The molecule has 6 heteroatoms. The van der Waals surface area contributed by atoms with Gasteiger partial charge in [0.15, 0.2) is 6.29 Å². The number of morpholine rings is 1. The van der Waals surface area contributed by atoms with E-state index in [9.17, 15) is 14.9 Å². The fraction of sp³-hybridized carbons (Fsp3) is 0.235. The molecule has 0 bridgehead atoms. The molecule has 23 heavy (non-hydrogen) atoms. The molecule has 0 unspecified atom stereocenters. The molecule has 0 radical (unpaired) electrons. The number of non-ortho nitro benzene ring substituents is 1. The van der Waals surface area contributed by atoms with Crippen LogP contribution in [0.4, 0.5) is 11.4 Å². The Hall–Kier alpha value is -2.73. The van der Waals surface area contributed by atoms with Crippen LogP contribution in [0, 0.1) is 10.1 Å². The minimum absolute atomic E-state index is 0.0118. The number of hydrogen-bond acceptors (Lipinski definition) is 5. The lowest BCUT2D eigenvalue weighted by Crippen LogP contribution is -2.36. The zero-order chi connectivity index (χ0) is 16.2. The minimum Gasteiger partial charge on any atom is -0.378 e. The Morgan fingerprint density at radius 1 is 1.09 bits per heavy atom. The van der Waals surface area contributed by atoms with Gasteiger partial charge >= 0.3 is 0 Å². The van der Waals surface area contributed by atoms with Crippen molar-refractivity contribution in [1.82, 2.24) is 0 Å². The van der Waals surface area contributed by atoms with Gasteiger partial charge in [0.1, 0.15) is 0 Å². The van der Waals surface area contributed by atoms with E-state index < -0.39 is 4.92 Å². The third-order valence-electron chi connectivity index (χ3n) is 3.92. The van der Waals surface area contributed by atoms with Crippen molar-refractivity contribution in [2.24, 2.45) is 0 Å². The monoisotopic (exact) mass is 312 g/mol. The van der Waals surface area contributed by atoms with Gasteiger partial charge in [-0.2, -0.15) is 0 Å². The van der Waals surface area contributed by atoms with Crippen LogP contribution in [0.3, 0.4) is 0 Å². The van der Waals surface area contributed by atoms with Crippen LogP contribution in [0.25, 0.3) is 11.1 Å². The van der Waals surface area contributed by atoms with E-state index in [-0.39, 0.29) is 5.69 Å². The normalized spacial score (nSPS) is 14.5. The summed E-state index contributed by atoms with van der Waals surface area (Å²) in [6.45, 7) is 2.67. The van der Waals surface area contributed by atoms with Crippen LogP contribution in [-0.2, 0) is 4.74 Å². The number of rotatable bonds is 4. The summed E-state index contributed by atoms with van der Waals surface area (Å²) in [5.41, 5.74) is 2.81. The second-order valence-electron chi connectivity index (χ2n) is 5.26. The first-order chi connectivity index (χ1) is 11.2. The summed E-state index contributed by atoms with van der Waals surface area (Å²) in [4.78, 5) is 24.2. The third-order valence-corrected chi connectivity index (χ3v) is 3.92. The summed E-state index contributed by atoms with van der Waals surface area (Å²) >= 11 is 0. The molecule has 1 aliphatic rings. The molecule has 0 saturated carbocycles. The molecule has 2 aromatic carbocycles. The Bertz CT molecular complexity index is 739. The first-order valence-corrected chi connectivity index (χ1v) is 7.36. The molecule has 0 amide bonds. The van der Waals surface area contributed by atoms with Gasteiger partial charge in [-0.25, -0.2) is 0 Å². The van der Waals surface area contributed by atoms with Gasteiger partial charge in [-0.05, 0) is 11.6 Å². The summed E-state index contributed by atoms with van der Waals surface area (Å²) in [5, 5.41) is 11.1.